The van der Waals surface area contributed by atoms with Crippen molar-refractivity contribution >= 4 is 23.8 Å². The smallest absolute Gasteiger partial charge is 0.330 e. The first-order valence-electron chi connectivity index (χ1n) is 6.46. The van der Waals surface area contributed by atoms with Crippen molar-refractivity contribution in [3.8, 4) is 0 Å². The molecule has 2 aromatic rings. The number of carbonyl (C=O) groups excluding carboxylic acids is 1. The molecule has 2 rings (SSSR count). The standard InChI is InChI=1S/C17H16O2S/c1-2-19-17(18)13-10-14-8-11-16(12-9-14)20-15-6-4-3-5-7-15/h3-13H,2H2,1H3/b13-10+. The van der Waals surface area contributed by atoms with Gasteiger partial charge in [0.1, 0.15) is 0 Å². The SMILES string of the molecule is CCOC(=O)/C=C/c1ccc(Sc2ccccc2)cc1. The monoisotopic (exact) mass is 284 g/mol. The molecule has 0 aromatic heterocycles. The third-order valence-electron chi connectivity index (χ3n) is 2.56. The van der Waals surface area contributed by atoms with Crippen molar-refractivity contribution in [1.82, 2.24) is 0 Å². The molecule has 3 heteroatoms. The van der Waals surface area contributed by atoms with Crippen LogP contribution in [0.15, 0.2) is 70.5 Å². The average Bonchev–Trinajstić information content (AvgIpc) is 2.48. The van der Waals surface area contributed by atoms with Gasteiger partial charge in [0, 0.05) is 15.9 Å². The molecule has 0 N–H and O–H groups in total. The molecule has 0 aliphatic carbocycles. The van der Waals surface area contributed by atoms with Gasteiger partial charge in [0.25, 0.3) is 0 Å². The van der Waals surface area contributed by atoms with E-state index in [1.165, 1.54) is 15.9 Å². The second kappa shape index (κ2) is 7.56. The Morgan fingerprint density at radius 2 is 1.70 bits per heavy atom. The number of benzene rings is 2. The molecule has 0 saturated carbocycles. The van der Waals surface area contributed by atoms with Gasteiger partial charge in [-0.25, -0.2) is 4.79 Å². The van der Waals surface area contributed by atoms with Crippen LogP contribution in [0.4, 0.5) is 0 Å². The van der Waals surface area contributed by atoms with Gasteiger partial charge in [-0.15, -0.1) is 0 Å². The minimum absolute atomic E-state index is 0.310. The molecule has 0 radical (unpaired) electrons. The van der Waals surface area contributed by atoms with Gasteiger partial charge in [0.05, 0.1) is 6.61 Å². The molecule has 0 amide bonds. The number of esters is 1. The van der Waals surface area contributed by atoms with Gasteiger partial charge in [-0.2, -0.15) is 0 Å². The van der Waals surface area contributed by atoms with E-state index in [-0.39, 0.29) is 5.97 Å². The summed E-state index contributed by atoms with van der Waals surface area (Å²) in [6.07, 6.45) is 3.21. The molecule has 0 atom stereocenters. The molecular weight excluding hydrogens is 268 g/mol. The van der Waals surface area contributed by atoms with E-state index >= 15 is 0 Å². The Kier molecular flexibility index (Phi) is 5.44. The van der Waals surface area contributed by atoms with Crippen LogP contribution >= 0.6 is 11.8 Å². The molecule has 2 nitrogen and oxygen atoms in total. The van der Waals surface area contributed by atoms with E-state index in [0.29, 0.717) is 6.61 Å². The zero-order valence-corrected chi connectivity index (χ0v) is 12.1. The van der Waals surface area contributed by atoms with Crippen molar-refractivity contribution in [3.63, 3.8) is 0 Å². The third-order valence-corrected chi connectivity index (χ3v) is 3.57. The number of rotatable bonds is 5. The first kappa shape index (κ1) is 14.4. The fourth-order valence-corrected chi connectivity index (χ4v) is 2.46. The van der Waals surface area contributed by atoms with Crippen LogP contribution in [0.25, 0.3) is 6.08 Å². The number of hydrogen-bond donors (Lipinski definition) is 0. The van der Waals surface area contributed by atoms with E-state index in [4.69, 9.17) is 4.74 Å². The van der Waals surface area contributed by atoms with Crippen LogP contribution in [-0.2, 0) is 9.53 Å². The van der Waals surface area contributed by atoms with Crippen LogP contribution in [0.3, 0.4) is 0 Å². The minimum atomic E-state index is -0.310. The third kappa shape index (κ3) is 4.59. The molecule has 0 fully saturated rings. The van der Waals surface area contributed by atoms with Crippen LogP contribution in [0, 0.1) is 0 Å². The van der Waals surface area contributed by atoms with E-state index in [1.54, 1.807) is 24.8 Å². The molecule has 102 valence electrons. The van der Waals surface area contributed by atoms with Crippen LogP contribution < -0.4 is 0 Å². The maximum Gasteiger partial charge on any atom is 0.330 e. The average molecular weight is 284 g/mol. The van der Waals surface area contributed by atoms with E-state index in [0.717, 1.165) is 5.56 Å². The van der Waals surface area contributed by atoms with Crippen molar-refractivity contribution in [1.29, 1.82) is 0 Å². The lowest BCUT2D eigenvalue weighted by atomic mass is 10.2. The lowest BCUT2D eigenvalue weighted by Crippen LogP contribution is -1.98. The van der Waals surface area contributed by atoms with E-state index in [1.807, 2.05) is 42.5 Å². The Morgan fingerprint density at radius 3 is 2.35 bits per heavy atom. The molecule has 0 bridgehead atoms. The molecule has 0 aliphatic heterocycles. The van der Waals surface area contributed by atoms with Crippen molar-refractivity contribution < 1.29 is 9.53 Å². The van der Waals surface area contributed by atoms with E-state index < -0.39 is 0 Å². The maximum atomic E-state index is 11.2. The summed E-state index contributed by atoms with van der Waals surface area (Å²) in [6.45, 7) is 2.19. The predicted molar refractivity (Wildman–Crippen MR) is 82.7 cm³/mol. The van der Waals surface area contributed by atoms with Crippen molar-refractivity contribution in [2.75, 3.05) is 6.61 Å². The summed E-state index contributed by atoms with van der Waals surface area (Å²) in [5, 5.41) is 0. The lowest BCUT2D eigenvalue weighted by molar-refractivity contribution is -0.137. The van der Waals surface area contributed by atoms with Crippen LogP contribution in [-0.4, -0.2) is 12.6 Å². The first-order chi connectivity index (χ1) is 9.78. The van der Waals surface area contributed by atoms with Gasteiger partial charge >= 0.3 is 5.97 Å². The highest BCUT2D eigenvalue weighted by atomic mass is 32.2. The van der Waals surface area contributed by atoms with Crippen LogP contribution in [0.2, 0.25) is 0 Å². The second-order valence-electron chi connectivity index (χ2n) is 4.07. The zero-order chi connectivity index (χ0) is 14.2. The molecule has 20 heavy (non-hydrogen) atoms. The van der Waals surface area contributed by atoms with Gasteiger partial charge in [0.15, 0.2) is 0 Å². The summed E-state index contributed by atoms with van der Waals surface area (Å²) < 4.78 is 4.84. The van der Waals surface area contributed by atoms with Gasteiger partial charge in [-0.1, -0.05) is 42.1 Å². The van der Waals surface area contributed by atoms with Crippen LogP contribution in [0.1, 0.15) is 12.5 Å². The second-order valence-corrected chi connectivity index (χ2v) is 5.22. The van der Waals surface area contributed by atoms with Crippen molar-refractivity contribution in [2.24, 2.45) is 0 Å². The van der Waals surface area contributed by atoms with Gasteiger partial charge in [-0.05, 0) is 42.8 Å². The fourth-order valence-electron chi connectivity index (χ4n) is 1.63. The zero-order valence-electron chi connectivity index (χ0n) is 11.3. The molecule has 2 aromatic carbocycles. The summed E-state index contributed by atoms with van der Waals surface area (Å²) in [4.78, 5) is 13.6. The minimum Gasteiger partial charge on any atom is -0.463 e. The Balaban J connectivity index is 1.98. The summed E-state index contributed by atoms with van der Waals surface area (Å²) in [5.41, 5.74) is 0.982. The fraction of sp³-hybridized carbons (Fsp3) is 0.118. The largest absolute Gasteiger partial charge is 0.463 e. The van der Waals surface area contributed by atoms with E-state index in [9.17, 15) is 4.79 Å². The van der Waals surface area contributed by atoms with Gasteiger partial charge in [0.2, 0.25) is 0 Å². The summed E-state index contributed by atoms with van der Waals surface area (Å²) in [7, 11) is 0. The molecular formula is C17H16O2S. The summed E-state index contributed by atoms with van der Waals surface area (Å²) in [5.74, 6) is -0.310. The number of hydrogen-bond acceptors (Lipinski definition) is 3. The first-order valence-corrected chi connectivity index (χ1v) is 7.27. The predicted octanol–water partition coefficient (Wildman–Crippen LogP) is 4.41. The van der Waals surface area contributed by atoms with Crippen LogP contribution in [0.5, 0.6) is 0 Å². The highest BCUT2D eigenvalue weighted by Crippen LogP contribution is 2.27. The quantitative estimate of drug-likeness (QED) is 0.601. The summed E-state index contributed by atoms with van der Waals surface area (Å²) >= 11 is 1.71. The molecule has 0 unspecified atom stereocenters. The highest BCUT2D eigenvalue weighted by Gasteiger charge is 1.97. The van der Waals surface area contributed by atoms with Crippen molar-refractivity contribution in [2.45, 2.75) is 16.7 Å². The maximum absolute atomic E-state index is 11.2. The normalized spacial score (nSPS) is 10.7. The van der Waals surface area contributed by atoms with Gasteiger partial charge < -0.3 is 4.74 Å². The van der Waals surface area contributed by atoms with E-state index in [2.05, 4.69) is 12.1 Å². The van der Waals surface area contributed by atoms with Gasteiger partial charge in [-0.3, -0.25) is 0 Å². The number of ether oxygens (including phenoxy) is 1. The Morgan fingerprint density at radius 1 is 1.05 bits per heavy atom. The molecule has 0 aliphatic rings. The Bertz CT molecular complexity index is 574. The molecule has 0 heterocycles. The molecule has 0 spiro atoms. The molecule has 0 saturated heterocycles. The lowest BCUT2D eigenvalue weighted by Gasteiger charge is -2.02. The topological polar surface area (TPSA) is 26.3 Å². The summed E-state index contributed by atoms with van der Waals surface area (Å²) in [6, 6.07) is 18.3. The Labute approximate surface area is 123 Å². The Hall–Kier alpha value is -2.00. The number of carbonyl (C=O) groups is 1. The van der Waals surface area contributed by atoms with Crippen molar-refractivity contribution in [3.05, 3.63) is 66.2 Å². The highest BCUT2D eigenvalue weighted by molar-refractivity contribution is 7.99.